The summed E-state index contributed by atoms with van der Waals surface area (Å²) in [5, 5.41) is 7.18. The smallest absolute Gasteiger partial charge is 0.315 e. The van der Waals surface area contributed by atoms with Crippen molar-refractivity contribution in [2.75, 3.05) is 26.2 Å². The third kappa shape index (κ3) is 5.77. The fourth-order valence-electron chi connectivity index (χ4n) is 3.06. The molecule has 0 atom stereocenters. The highest BCUT2D eigenvalue weighted by atomic mass is 32.1. The van der Waals surface area contributed by atoms with E-state index in [2.05, 4.69) is 41.3 Å². The van der Waals surface area contributed by atoms with Gasteiger partial charge in [-0.1, -0.05) is 13.8 Å². The number of urea groups is 1. The van der Waals surface area contributed by atoms with Crippen LogP contribution in [0.25, 0.3) is 0 Å². The molecule has 0 radical (unpaired) electrons. The summed E-state index contributed by atoms with van der Waals surface area (Å²) in [6.45, 7) is 10.5. The van der Waals surface area contributed by atoms with E-state index in [1.807, 2.05) is 0 Å². The number of hydrogen-bond acceptors (Lipinski definition) is 4. The fraction of sp³-hybridized carbons (Fsp3) is 0.765. The Morgan fingerprint density at radius 3 is 2.70 bits per heavy atom. The predicted molar refractivity (Wildman–Crippen MR) is 96.2 cm³/mol. The molecule has 2 amide bonds. The predicted octanol–water partition coefficient (Wildman–Crippen LogP) is 2.73. The number of piperidine rings is 1. The van der Waals surface area contributed by atoms with E-state index in [4.69, 9.17) is 0 Å². The monoisotopic (exact) mass is 338 g/mol. The summed E-state index contributed by atoms with van der Waals surface area (Å²) in [5.41, 5.74) is 1.19. The van der Waals surface area contributed by atoms with Crippen LogP contribution in [0, 0.1) is 6.92 Å². The van der Waals surface area contributed by atoms with Crippen LogP contribution in [-0.2, 0) is 12.8 Å². The molecule has 0 unspecified atom stereocenters. The molecular weight excluding hydrogens is 308 g/mol. The average Bonchev–Trinajstić information content (AvgIpc) is 2.89. The second-order valence-electron chi connectivity index (χ2n) is 6.23. The van der Waals surface area contributed by atoms with Crippen molar-refractivity contribution >= 4 is 17.4 Å². The molecule has 1 aliphatic rings. The number of hydrogen-bond donors (Lipinski definition) is 2. The van der Waals surface area contributed by atoms with Gasteiger partial charge in [0, 0.05) is 37.0 Å². The van der Waals surface area contributed by atoms with Crippen LogP contribution < -0.4 is 10.6 Å². The van der Waals surface area contributed by atoms with Crippen molar-refractivity contribution in [3.63, 3.8) is 0 Å². The number of aromatic nitrogens is 1. The SMILES string of the molecule is CCCN1CCC(NC(=O)NCCc2nc(CC)c(C)s2)CC1. The van der Waals surface area contributed by atoms with Crippen molar-refractivity contribution in [2.24, 2.45) is 0 Å². The molecule has 5 nitrogen and oxygen atoms in total. The zero-order valence-electron chi connectivity index (χ0n) is 14.7. The second kappa shape index (κ2) is 9.23. The molecule has 2 rings (SSSR count). The normalized spacial score (nSPS) is 16.5. The van der Waals surface area contributed by atoms with Gasteiger partial charge in [0.25, 0.3) is 0 Å². The van der Waals surface area contributed by atoms with E-state index >= 15 is 0 Å². The third-order valence-corrected chi connectivity index (χ3v) is 5.43. The lowest BCUT2D eigenvalue weighted by Gasteiger charge is -2.32. The summed E-state index contributed by atoms with van der Waals surface area (Å²) in [6.07, 6.45) is 5.10. The minimum atomic E-state index is -0.0389. The molecule has 2 N–H and O–H groups in total. The first-order chi connectivity index (χ1) is 11.1. The van der Waals surface area contributed by atoms with Crippen LogP contribution in [0.2, 0.25) is 0 Å². The van der Waals surface area contributed by atoms with Gasteiger partial charge in [-0.15, -0.1) is 11.3 Å². The van der Waals surface area contributed by atoms with Gasteiger partial charge in [0.05, 0.1) is 10.7 Å². The van der Waals surface area contributed by atoms with E-state index in [9.17, 15) is 4.79 Å². The number of nitrogens with zero attached hydrogens (tertiary/aromatic N) is 2. The Morgan fingerprint density at radius 1 is 1.35 bits per heavy atom. The van der Waals surface area contributed by atoms with Gasteiger partial charge in [-0.25, -0.2) is 9.78 Å². The molecule has 130 valence electrons. The molecule has 0 aliphatic carbocycles. The van der Waals surface area contributed by atoms with Gasteiger partial charge in [-0.3, -0.25) is 0 Å². The first kappa shape index (κ1) is 18.2. The first-order valence-corrected chi connectivity index (χ1v) is 9.65. The molecule has 23 heavy (non-hydrogen) atoms. The number of amides is 2. The maximum absolute atomic E-state index is 12.0. The van der Waals surface area contributed by atoms with Crippen molar-refractivity contribution in [2.45, 2.75) is 58.9 Å². The van der Waals surface area contributed by atoms with Crippen LogP contribution in [-0.4, -0.2) is 48.1 Å². The Balaban J connectivity index is 1.63. The summed E-state index contributed by atoms with van der Waals surface area (Å²) in [6, 6.07) is 0.278. The maximum atomic E-state index is 12.0. The number of carbonyl (C=O) groups excluding carboxylic acids is 1. The third-order valence-electron chi connectivity index (χ3n) is 4.36. The van der Waals surface area contributed by atoms with Gasteiger partial charge < -0.3 is 15.5 Å². The number of aryl methyl sites for hydroxylation is 2. The Hall–Kier alpha value is -1.14. The van der Waals surface area contributed by atoms with E-state index in [0.717, 1.165) is 43.8 Å². The zero-order chi connectivity index (χ0) is 16.7. The molecule has 1 aromatic rings. The van der Waals surface area contributed by atoms with Crippen LogP contribution in [0.4, 0.5) is 4.79 Å². The zero-order valence-corrected chi connectivity index (χ0v) is 15.5. The largest absolute Gasteiger partial charge is 0.338 e. The summed E-state index contributed by atoms with van der Waals surface area (Å²) >= 11 is 1.74. The summed E-state index contributed by atoms with van der Waals surface area (Å²) in [5.74, 6) is 0. The molecular formula is C17H30N4OS. The highest BCUT2D eigenvalue weighted by Gasteiger charge is 2.19. The lowest BCUT2D eigenvalue weighted by molar-refractivity contribution is 0.192. The van der Waals surface area contributed by atoms with Gasteiger partial charge in [-0.2, -0.15) is 0 Å². The van der Waals surface area contributed by atoms with Crippen molar-refractivity contribution in [1.29, 1.82) is 0 Å². The Labute approximate surface area is 143 Å². The Morgan fingerprint density at radius 2 is 2.09 bits per heavy atom. The molecule has 0 spiro atoms. The summed E-state index contributed by atoms with van der Waals surface area (Å²) in [7, 11) is 0. The van der Waals surface area contributed by atoms with Gasteiger partial charge >= 0.3 is 6.03 Å². The maximum Gasteiger partial charge on any atom is 0.315 e. The lowest BCUT2D eigenvalue weighted by Crippen LogP contribution is -2.48. The van der Waals surface area contributed by atoms with Crippen LogP contribution in [0.5, 0.6) is 0 Å². The molecule has 1 aromatic heterocycles. The van der Waals surface area contributed by atoms with Crippen LogP contribution in [0.3, 0.4) is 0 Å². The minimum Gasteiger partial charge on any atom is -0.338 e. The average molecular weight is 339 g/mol. The number of thiazole rings is 1. The van der Waals surface area contributed by atoms with Crippen molar-refractivity contribution < 1.29 is 4.79 Å². The van der Waals surface area contributed by atoms with Gasteiger partial charge in [0.15, 0.2) is 0 Å². The van der Waals surface area contributed by atoms with Crippen molar-refractivity contribution in [3.05, 3.63) is 15.6 Å². The minimum absolute atomic E-state index is 0.0389. The van der Waals surface area contributed by atoms with Crippen molar-refractivity contribution in [3.8, 4) is 0 Å². The number of carbonyl (C=O) groups is 1. The molecule has 6 heteroatoms. The fourth-order valence-corrected chi connectivity index (χ4v) is 4.08. The molecule has 0 bridgehead atoms. The Bertz CT molecular complexity index is 495. The first-order valence-electron chi connectivity index (χ1n) is 8.84. The topological polar surface area (TPSA) is 57.3 Å². The second-order valence-corrected chi connectivity index (χ2v) is 7.52. The Kier molecular flexibility index (Phi) is 7.30. The van der Waals surface area contributed by atoms with Crippen LogP contribution in [0.1, 0.15) is 48.7 Å². The van der Waals surface area contributed by atoms with Crippen molar-refractivity contribution in [1.82, 2.24) is 20.5 Å². The van der Waals surface area contributed by atoms with Crippen LogP contribution in [0.15, 0.2) is 0 Å². The molecule has 2 heterocycles. The summed E-state index contributed by atoms with van der Waals surface area (Å²) in [4.78, 5) is 20.4. The van der Waals surface area contributed by atoms with E-state index < -0.39 is 0 Å². The van der Waals surface area contributed by atoms with E-state index in [1.54, 1.807) is 11.3 Å². The highest BCUT2D eigenvalue weighted by Crippen LogP contribution is 2.18. The number of nitrogens with one attached hydrogen (secondary N) is 2. The molecule has 1 saturated heterocycles. The van der Waals surface area contributed by atoms with E-state index in [-0.39, 0.29) is 6.03 Å². The van der Waals surface area contributed by atoms with Gasteiger partial charge in [0.2, 0.25) is 0 Å². The standard InChI is InChI=1S/C17H30N4OS/c1-4-10-21-11-7-14(8-12-21)19-17(22)18-9-6-16-20-15(5-2)13(3)23-16/h14H,4-12H2,1-3H3,(H2,18,19,22). The van der Waals surface area contributed by atoms with E-state index in [1.165, 1.54) is 23.5 Å². The van der Waals surface area contributed by atoms with Gasteiger partial charge in [-0.05, 0) is 39.2 Å². The molecule has 0 aromatic carbocycles. The molecule has 1 fully saturated rings. The van der Waals surface area contributed by atoms with Crippen LogP contribution >= 0.6 is 11.3 Å². The van der Waals surface area contributed by atoms with Gasteiger partial charge in [0.1, 0.15) is 0 Å². The summed E-state index contributed by atoms with van der Waals surface area (Å²) < 4.78 is 0. The lowest BCUT2D eigenvalue weighted by atomic mass is 10.1. The quantitative estimate of drug-likeness (QED) is 0.804. The molecule has 1 aliphatic heterocycles. The highest BCUT2D eigenvalue weighted by molar-refractivity contribution is 7.11. The molecule has 0 saturated carbocycles. The number of likely N-dealkylation sites (tertiary alicyclic amines) is 1. The number of rotatable bonds is 7. The van der Waals surface area contributed by atoms with E-state index in [0.29, 0.717) is 12.6 Å².